The summed E-state index contributed by atoms with van der Waals surface area (Å²) in [6.07, 6.45) is 1.82. The minimum atomic E-state index is -0.586. The Labute approximate surface area is 119 Å². The molecule has 1 amide bonds. The molecule has 0 fully saturated rings. The predicted molar refractivity (Wildman–Crippen MR) is 74.5 cm³/mol. The normalized spacial score (nSPS) is 10.8. The molecule has 2 aromatic carbocycles. The zero-order chi connectivity index (χ0) is 14.8. The molecule has 0 saturated carbocycles. The van der Waals surface area contributed by atoms with Crippen LogP contribution in [0.2, 0.25) is 0 Å². The Morgan fingerprint density at radius 2 is 2.14 bits per heavy atom. The van der Waals surface area contributed by atoms with Crippen molar-refractivity contribution in [1.29, 1.82) is 0 Å². The predicted octanol–water partition coefficient (Wildman–Crippen LogP) is 2.34. The number of benzene rings is 2. The quantitative estimate of drug-likeness (QED) is 0.573. The zero-order valence-corrected chi connectivity index (χ0v) is 11.0. The molecule has 0 radical (unpaired) electrons. The lowest BCUT2D eigenvalue weighted by Crippen LogP contribution is -2.18. The third-order valence-electron chi connectivity index (χ3n) is 3.15. The highest BCUT2D eigenvalue weighted by Gasteiger charge is 2.08. The van der Waals surface area contributed by atoms with Crippen molar-refractivity contribution in [1.82, 2.24) is 15.3 Å². The molecule has 0 saturated heterocycles. The minimum absolute atomic E-state index is 0.286. The number of nitrogens with one attached hydrogen (secondary N) is 1. The van der Waals surface area contributed by atoms with Gasteiger partial charge in [-0.25, -0.2) is 9.87 Å². The number of rotatable bonds is 3. The minimum Gasteiger partial charge on any atom is -0.288 e. The molecule has 1 heterocycles. The lowest BCUT2D eigenvalue weighted by atomic mass is 10.1. The summed E-state index contributed by atoms with van der Waals surface area (Å²) >= 11 is 0. The number of nitrogens with zero attached hydrogens (tertiary/aromatic N) is 2. The van der Waals surface area contributed by atoms with Crippen LogP contribution in [0.25, 0.3) is 10.9 Å². The van der Waals surface area contributed by atoms with Gasteiger partial charge in [-0.2, -0.15) is 5.10 Å². The maximum absolute atomic E-state index is 13.2. The fraction of sp³-hybridized carbons (Fsp3) is 0.0667. The van der Waals surface area contributed by atoms with E-state index in [9.17, 15) is 9.18 Å². The van der Waals surface area contributed by atoms with E-state index >= 15 is 0 Å². The van der Waals surface area contributed by atoms with Crippen molar-refractivity contribution in [2.24, 2.45) is 0 Å². The van der Waals surface area contributed by atoms with E-state index in [-0.39, 0.29) is 5.82 Å². The van der Waals surface area contributed by atoms with Gasteiger partial charge < -0.3 is 0 Å². The van der Waals surface area contributed by atoms with E-state index in [1.54, 1.807) is 34.4 Å². The van der Waals surface area contributed by atoms with Crippen LogP contribution in [0.15, 0.2) is 48.7 Å². The monoisotopic (exact) mass is 285 g/mol. The van der Waals surface area contributed by atoms with Gasteiger partial charge >= 0.3 is 0 Å². The van der Waals surface area contributed by atoms with Crippen molar-refractivity contribution in [3.63, 3.8) is 0 Å². The first-order valence-corrected chi connectivity index (χ1v) is 6.32. The van der Waals surface area contributed by atoms with E-state index in [4.69, 9.17) is 5.21 Å². The zero-order valence-electron chi connectivity index (χ0n) is 11.0. The second-order valence-electron chi connectivity index (χ2n) is 4.67. The molecule has 6 heteroatoms. The van der Waals surface area contributed by atoms with Crippen LogP contribution < -0.4 is 5.48 Å². The van der Waals surface area contributed by atoms with E-state index in [0.717, 1.165) is 10.9 Å². The first kappa shape index (κ1) is 13.3. The number of hydrogen-bond donors (Lipinski definition) is 2. The number of hydroxylamine groups is 1. The van der Waals surface area contributed by atoms with E-state index in [1.807, 2.05) is 12.3 Å². The summed E-state index contributed by atoms with van der Waals surface area (Å²) in [5.74, 6) is -0.873. The number of fused-ring (bicyclic) bond motifs is 1. The second kappa shape index (κ2) is 5.34. The molecule has 3 aromatic rings. The van der Waals surface area contributed by atoms with Gasteiger partial charge in [0.25, 0.3) is 5.91 Å². The van der Waals surface area contributed by atoms with Gasteiger partial charge in [0.1, 0.15) is 5.82 Å². The van der Waals surface area contributed by atoms with E-state index in [2.05, 4.69) is 5.10 Å². The van der Waals surface area contributed by atoms with Crippen molar-refractivity contribution in [2.45, 2.75) is 6.54 Å². The topological polar surface area (TPSA) is 67.2 Å². The lowest BCUT2D eigenvalue weighted by molar-refractivity contribution is 0.0706. The fourth-order valence-electron chi connectivity index (χ4n) is 2.18. The molecular formula is C15H12FN3O2. The average Bonchev–Trinajstić information content (AvgIpc) is 2.87. The SMILES string of the molecule is O=C(NO)c1ccc2cn(Cc3cccc(F)c3)nc2c1. The molecule has 5 nitrogen and oxygen atoms in total. The average molecular weight is 285 g/mol. The molecule has 1 aromatic heterocycles. The number of hydrogen-bond acceptors (Lipinski definition) is 3. The summed E-state index contributed by atoms with van der Waals surface area (Å²) in [5.41, 5.74) is 3.34. The first-order valence-electron chi connectivity index (χ1n) is 6.32. The number of carbonyl (C=O) groups is 1. The summed E-state index contributed by atoms with van der Waals surface area (Å²) in [6, 6.07) is 11.2. The maximum Gasteiger partial charge on any atom is 0.274 e. The van der Waals surface area contributed by atoms with E-state index < -0.39 is 5.91 Å². The Bertz CT molecular complexity index is 814. The molecule has 21 heavy (non-hydrogen) atoms. The molecule has 0 bridgehead atoms. The fourth-order valence-corrected chi connectivity index (χ4v) is 2.18. The van der Waals surface area contributed by atoms with Crippen LogP contribution in [-0.4, -0.2) is 20.9 Å². The van der Waals surface area contributed by atoms with Gasteiger partial charge in [0.2, 0.25) is 0 Å². The van der Waals surface area contributed by atoms with Gasteiger partial charge in [-0.15, -0.1) is 0 Å². The number of aromatic nitrogens is 2. The summed E-state index contributed by atoms with van der Waals surface area (Å²) in [7, 11) is 0. The molecular weight excluding hydrogens is 273 g/mol. The molecule has 0 spiro atoms. The van der Waals surface area contributed by atoms with Gasteiger partial charge in [-0.3, -0.25) is 14.7 Å². The number of carbonyl (C=O) groups excluding carboxylic acids is 1. The molecule has 106 valence electrons. The second-order valence-corrected chi connectivity index (χ2v) is 4.67. The molecule has 0 aliphatic carbocycles. The van der Waals surface area contributed by atoms with Crippen molar-refractivity contribution in [3.8, 4) is 0 Å². The lowest BCUT2D eigenvalue weighted by Gasteiger charge is -2.01. The largest absolute Gasteiger partial charge is 0.288 e. The highest BCUT2D eigenvalue weighted by Crippen LogP contribution is 2.15. The van der Waals surface area contributed by atoms with Gasteiger partial charge in [0.15, 0.2) is 0 Å². The third-order valence-corrected chi connectivity index (χ3v) is 3.15. The summed E-state index contributed by atoms with van der Waals surface area (Å²) in [4.78, 5) is 11.4. The molecule has 0 aliphatic rings. The Morgan fingerprint density at radius 3 is 2.90 bits per heavy atom. The van der Waals surface area contributed by atoms with Crippen LogP contribution in [-0.2, 0) is 6.54 Å². The van der Waals surface area contributed by atoms with Gasteiger partial charge in [-0.05, 0) is 29.8 Å². The summed E-state index contributed by atoms with van der Waals surface area (Å²) < 4.78 is 14.8. The van der Waals surface area contributed by atoms with Gasteiger partial charge in [0.05, 0.1) is 12.1 Å². The standard InChI is InChI=1S/C15H12FN3O2/c16-13-3-1-2-10(6-13)8-19-9-12-5-4-11(15(20)18-21)7-14(12)17-19/h1-7,9,21H,8H2,(H,18,20). The molecule has 0 aliphatic heterocycles. The maximum atomic E-state index is 13.2. The number of halogens is 1. The molecule has 0 unspecified atom stereocenters. The molecule has 0 atom stereocenters. The van der Waals surface area contributed by atoms with Crippen LogP contribution in [0.3, 0.4) is 0 Å². The summed E-state index contributed by atoms with van der Waals surface area (Å²) in [5, 5.41) is 13.8. The Kier molecular flexibility index (Phi) is 3.37. The van der Waals surface area contributed by atoms with E-state index in [0.29, 0.717) is 17.6 Å². The molecule has 3 rings (SSSR count). The third kappa shape index (κ3) is 2.75. The van der Waals surface area contributed by atoms with Crippen molar-refractivity contribution >= 4 is 16.8 Å². The van der Waals surface area contributed by atoms with Crippen molar-refractivity contribution in [3.05, 3.63) is 65.6 Å². The Morgan fingerprint density at radius 1 is 1.29 bits per heavy atom. The van der Waals surface area contributed by atoms with Gasteiger partial charge in [0, 0.05) is 17.1 Å². The first-order chi connectivity index (χ1) is 10.2. The van der Waals surface area contributed by atoms with Crippen LogP contribution in [0.4, 0.5) is 4.39 Å². The van der Waals surface area contributed by atoms with Crippen LogP contribution >= 0.6 is 0 Å². The van der Waals surface area contributed by atoms with Gasteiger partial charge in [-0.1, -0.05) is 18.2 Å². The molecule has 2 N–H and O–H groups in total. The highest BCUT2D eigenvalue weighted by molar-refractivity contribution is 5.97. The summed E-state index contributed by atoms with van der Waals surface area (Å²) in [6.45, 7) is 0.438. The van der Waals surface area contributed by atoms with Crippen LogP contribution in [0, 0.1) is 5.82 Å². The smallest absolute Gasteiger partial charge is 0.274 e. The van der Waals surface area contributed by atoms with Crippen molar-refractivity contribution in [2.75, 3.05) is 0 Å². The Hall–Kier alpha value is -2.73. The van der Waals surface area contributed by atoms with Crippen LogP contribution in [0.5, 0.6) is 0 Å². The Balaban J connectivity index is 1.92. The number of amides is 1. The van der Waals surface area contributed by atoms with Crippen molar-refractivity contribution < 1.29 is 14.4 Å². The highest BCUT2D eigenvalue weighted by atomic mass is 19.1. The van der Waals surface area contributed by atoms with E-state index in [1.165, 1.54) is 12.1 Å². The van der Waals surface area contributed by atoms with Crippen LogP contribution in [0.1, 0.15) is 15.9 Å².